The minimum absolute atomic E-state index is 0.0695. The number of anilines is 1. The number of amides is 2. The summed E-state index contributed by atoms with van der Waals surface area (Å²) in [4.78, 5) is 22.2. The molecular weight excluding hydrogens is 300 g/mol. The first-order chi connectivity index (χ1) is 11.1. The molecule has 1 heterocycles. The number of benzene rings is 1. The molecule has 0 saturated carbocycles. The topological polar surface area (TPSA) is 96.9 Å². The van der Waals surface area contributed by atoms with Gasteiger partial charge in [-0.05, 0) is 31.4 Å². The quantitative estimate of drug-likeness (QED) is 0.715. The molecule has 0 aliphatic carbocycles. The molecule has 2 rings (SSSR count). The average Bonchev–Trinajstić information content (AvgIpc) is 2.54. The van der Waals surface area contributed by atoms with Crippen LogP contribution in [0.2, 0.25) is 0 Å². The number of aliphatic carboxylic acids is 1. The fourth-order valence-electron chi connectivity index (χ4n) is 2.27. The van der Waals surface area contributed by atoms with E-state index in [0.29, 0.717) is 18.0 Å². The van der Waals surface area contributed by atoms with E-state index in [9.17, 15) is 9.59 Å². The number of carboxylic acids is 1. The number of carbonyl (C=O) groups is 2. The molecule has 0 bridgehead atoms. The lowest BCUT2D eigenvalue weighted by Gasteiger charge is -2.23. The number of urea groups is 1. The first kappa shape index (κ1) is 17.1. The summed E-state index contributed by atoms with van der Waals surface area (Å²) in [6.07, 6.45) is 3.17. The highest BCUT2D eigenvalue weighted by Gasteiger charge is 2.15. The molecule has 7 heteroatoms. The number of carbonyl (C=O) groups excluding carboxylic acids is 1. The van der Waals surface area contributed by atoms with Crippen molar-refractivity contribution in [3.63, 3.8) is 0 Å². The molecule has 1 atom stereocenters. The molecule has 1 unspecified atom stereocenters. The van der Waals surface area contributed by atoms with Gasteiger partial charge in [0.25, 0.3) is 0 Å². The van der Waals surface area contributed by atoms with Crippen molar-refractivity contribution in [2.75, 3.05) is 25.1 Å². The lowest BCUT2D eigenvalue weighted by molar-refractivity contribution is -0.136. The van der Waals surface area contributed by atoms with E-state index in [0.717, 1.165) is 25.9 Å². The monoisotopic (exact) mass is 322 g/mol. The number of nitrogens with one attached hydrogen (secondary N) is 2. The van der Waals surface area contributed by atoms with Gasteiger partial charge in [-0.1, -0.05) is 12.1 Å². The third-order valence-electron chi connectivity index (χ3n) is 3.46. The van der Waals surface area contributed by atoms with Crippen molar-refractivity contribution in [3.8, 4) is 5.75 Å². The largest absolute Gasteiger partial charge is 0.489 e. The van der Waals surface area contributed by atoms with Crippen LogP contribution in [-0.2, 0) is 9.53 Å². The van der Waals surface area contributed by atoms with Crippen LogP contribution in [0.1, 0.15) is 25.7 Å². The van der Waals surface area contributed by atoms with Crippen molar-refractivity contribution in [3.05, 3.63) is 24.3 Å². The second kappa shape index (κ2) is 8.99. The van der Waals surface area contributed by atoms with Crippen LogP contribution in [0, 0.1) is 0 Å². The van der Waals surface area contributed by atoms with E-state index < -0.39 is 12.0 Å². The predicted molar refractivity (Wildman–Crippen MR) is 84.8 cm³/mol. The Labute approximate surface area is 135 Å². The Kier molecular flexibility index (Phi) is 6.68. The van der Waals surface area contributed by atoms with Gasteiger partial charge < -0.3 is 25.2 Å². The minimum Gasteiger partial charge on any atom is -0.489 e. The highest BCUT2D eigenvalue weighted by molar-refractivity contribution is 5.91. The molecule has 1 fully saturated rings. The lowest BCUT2D eigenvalue weighted by Crippen LogP contribution is -2.31. The smallest absolute Gasteiger partial charge is 0.319 e. The molecule has 23 heavy (non-hydrogen) atoms. The van der Waals surface area contributed by atoms with Crippen LogP contribution >= 0.6 is 0 Å². The van der Waals surface area contributed by atoms with Gasteiger partial charge in [0, 0.05) is 13.2 Å². The van der Waals surface area contributed by atoms with E-state index in [1.807, 2.05) is 6.07 Å². The molecule has 1 saturated heterocycles. The molecule has 0 radical (unpaired) electrons. The summed E-state index contributed by atoms with van der Waals surface area (Å²) in [5, 5.41) is 13.7. The van der Waals surface area contributed by atoms with Gasteiger partial charge in [-0.2, -0.15) is 0 Å². The minimum atomic E-state index is -0.957. The normalized spacial score (nSPS) is 17.3. The van der Waals surface area contributed by atoms with Crippen LogP contribution in [0.15, 0.2) is 24.3 Å². The van der Waals surface area contributed by atoms with Gasteiger partial charge in [0.2, 0.25) is 0 Å². The van der Waals surface area contributed by atoms with Crippen molar-refractivity contribution < 1.29 is 24.2 Å². The highest BCUT2D eigenvalue weighted by atomic mass is 16.5. The van der Waals surface area contributed by atoms with Crippen LogP contribution in [0.4, 0.5) is 10.5 Å². The maximum absolute atomic E-state index is 11.8. The zero-order valence-electron chi connectivity index (χ0n) is 12.9. The first-order valence-electron chi connectivity index (χ1n) is 7.75. The molecule has 2 amide bonds. The van der Waals surface area contributed by atoms with Crippen molar-refractivity contribution >= 4 is 17.7 Å². The van der Waals surface area contributed by atoms with E-state index in [-0.39, 0.29) is 19.1 Å². The summed E-state index contributed by atoms with van der Waals surface area (Å²) in [5.74, 6) is -0.392. The van der Waals surface area contributed by atoms with Crippen LogP contribution in [-0.4, -0.2) is 43.0 Å². The van der Waals surface area contributed by atoms with E-state index in [4.69, 9.17) is 14.6 Å². The average molecular weight is 322 g/mol. The number of hydrogen-bond acceptors (Lipinski definition) is 4. The fourth-order valence-corrected chi connectivity index (χ4v) is 2.27. The summed E-state index contributed by atoms with van der Waals surface area (Å²) < 4.78 is 11.4. The lowest BCUT2D eigenvalue weighted by atomic mass is 10.1. The van der Waals surface area contributed by atoms with Gasteiger partial charge in [-0.25, -0.2) is 4.79 Å². The fraction of sp³-hybridized carbons (Fsp3) is 0.500. The SMILES string of the molecule is O=C(O)CCNC(=O)Nc1ccccc1OCC1CCCCO1. The van der Waals surface area contributed by atoms with Crippen LogP contribution < -0.4 is 15.4 Å². The summed E-state index contributed by atoms with van der Waals surface area (Å²) in [7, 11) is 0. The zero-order valence-corrected chi connectivity index (χ0v) is 12.9. The molecule has 1 aromatic carbocycles. The second-order valence-electron chi connectivity index (χ2n) is 5.32. The Hall–Kier alpha value is -2.28. The number of ether oxygens (including phenoxy) is 2. The second-order valence-corrected chi connectivity index (χ2v) is 5.32. The summed E-state index contributed by atoms with van der Waals surface area (Å²) in [6, 6.07) is 6.65. The standard InChI is InChI=1S/C16H22N2O5/c19-15(20)8-9-17-16(21)18-13-6-1-2-7-14(13)23-11-12-5-3-4-10-22-12/h1-2,6-7,12H,3-5,8-11H2,(H,19,20)(H2,17,18,21). The number of hydrogen-bond donors (Lipinski definition) is 3. The summed E-state index contributed by atoms with van der Waals surface area (Å²) >= 11 is 0. The van der Waals surface area contributed by atoms with Crippen molar-refractivity contribution in [2.24, 2.45) is 0 Å². The van der Waals surface area contributed by atoms with E-state index in [1.54, 1.807) is 18.2 Å². The van der Waals surface area contributed by atoms with Gasteiger partial charge in [0.1, 0.15) is 12.4 Å². The maximum Gasteiger partial charge on any atom is 0.319 e. The van der Waals surface area contributed by atoms with Gasteiger partial charge in [0.05, 0.1) is 18.2 Å². The molecule has 0 spiro atoms. The molecule has 3 N–H and O–H groups in total. The Morgan fingerprint density at radius 2 is 2.13 bits per heavy atom. The molecule has 7 nitrogen and oxygen atoms in total. The number of carboxylic acid groups (broad SMARTS) is 1. The highest BCUT2D eigenvalue weighted by Crippen LogP contribution is 2.24. The molecular formula is C16H22N2O5. The van der Waals surface area contributed by atoms with Crippen LogP contribution in [0.25, 0.3) is 0 Å². The van der Waals surface area contributed by atoms with Crippen molar-refractivity contribution in [1.82, 2.24) is 5.32 Å². The Morgan fingerprint density at radius 1 is 1.30 bits per heavy atom. The van der Waals surface area contributed by atoms with Gasteiger partial charge in [-0.15, -0.1) is 0 Å². The first-order valence-corrected chi connectivity index (χ1v) is 7.75. The summed E-state index contributed by atoms with van der Waals surface area (Å²) in [6.45, 7) is 1.28. The van der Waals surface area contributed by atoms with Crippen molar-refractivity contribution in [1.29, 1.82) is 0 Å². The third kappa shape index (κ3) is 6.15. The third-order valence-corrected chi connectivity index (χ3v) is 3.46. The number of para-hydroxylation sites is 2. The Balaban J connectivity index is 1.83. The van der Waals surface area contributed by atoms with Crippen LogP contribution in [0.5, 0.6) is 5.75 Å². The number of rotatable bonds is 7. The van der Waals surface area contributed by atoms with E-state index in [2.05, 4.69) is 10.6 Å². The maximum atomic E-state index is 11.8. The van der Waals surface area contributed by atoms with E-state index >= 15 is 0 Å². The Morgan fingerprint density at radius 3 is 2.87 bits per heavy atom. The van der Waals surface area contributed by atoms with E-state index in [1.165, 1.54) is 0 Å². The van der Waals surface area contributed by atoms with Crippen LogP contribution in [0.3, 0.4) is 0 Å². The molecule has 126 valence electrons. The molecule has 0 aromatic heterocycles. The predicted octanol–water partition coefficient (Wildman–Crippen LogP) is 2.23. The Bertz CT molecular complexity index is 529. The molecule has 1 aliphatic rings. The molecule has 1 aliphatic heterocycles. The summed E-state index contributed by atoms with van der Waals surface area (Å²) in [5.41, 5.74) is 0.538. The van der Waals surface area contributed by atoms with Gasteiger partial charge in [-0.3, -0.25) is 4.79 Å². The van der Waals surface area contributed by atoms with Gasteiger partial charge in [0.15, 0.2) is 0 Å². The molecule has 1 aromatic rings. The zero-order chi connectivity index (χ0) is 16.5. The van der Waals surface area contributed by atoms with Crippen molar-refractivity contribution in [2.45, 2.75) is 31.8 Å². The van der Waals surface area contributed by atoms with Gasteiger partial charge >= 0.3 is 12.0 Å².